The van der Waals surface area contributed by atoms with E-state index in [2.05, 4.69) is 49.6 Å². The molecule has 0 aliphatic rings. The number of carbonyl (C=O) groups excluding carboxylic acids is 2. The van der Waals surface area contributed by atoms with Crippen molar-refractivity contribution in [3.8, 4) is 0 Å². The molecule has 0 saturated heterocycles. The number of aryl methyl sites for hydroxylation is 1. The topological polar surface area (TPSA) is 67.4 Å². The van der Waals surface area contributed by atoms with Crippen LogP contribution < -0.4 is 10.6 Å². The van der Waals surface area contributed by atoms with Crippen LogP contribution in [0.25, 0.3) is 0 Å². The predicted octanol–water partition coefficient (Wildman–Crippen LogP) is 3.69. The number of benzene rings is 1. The lowest BCUT2D eigenvalue weighted by molar-refractivity contribution is -0.121. The van der Waals surface area contributed by atoms with Crippen LogP contribution in [0.15, 0.2) is 24.3 Å². The Balaban J connectivity index is 2.30. The predicted molar refractivity (Wildman–Crippen MR) is 101 cm³/mol. The lowest BCUT2D eigenvalue weighted by Crippen LogP contribution is -2.37. The maximum absolute atomic E-state index is 12.0. The van der Waals surface area contributed by atoms with Crippen LogP contribution in [0.4, 0.5) is 4.79 Å². The zero-order valence-corrected chi connectivity index (χ0v) is 16.4. The average molecular weight is 348 g/mol. The van der Waals surface area contributed by atoms with Gasteiger partial charge in [-0.1, -0.05) is 43.7 Å². The summed E-state index contributed by atoms with van der Waals surface area (Å²) in [4.78, 5) is 23.5. The van der Waals surface area contributed by atoms with Crippen LogP contribution in [0, 0.1) is 6.92 Å². The van der Waals surface area contributed by atoms with Crippen LogP contribution in [-0.2, 0) is 14.9 Å². The molecule has 0 saturated carbocycles. The molecule has 5 heteroatoms. The summed E-state index contributed by atoms with van der Waals surface area (Å²) in [6.45, 7) is 12.7. The number of rotatable bonds is 7. The first kappa shape index (κ1) is 21.0. The van der Waals surface area contributed by atoms with Crippen molar-refractivity contribution in [2.24, 2.45) is 0 Å². The Hall–Kier alpha value is -2.04. The highest BCUT2D eigenvalue weighted by atomic mass is 16.6. The van der Waals surface area contributed by atoms with Gasteiger partial charge in [0.1, 0.15) is 5.60 Å². The van der Waals surface area contributed by atoms with Gasteiger partial charge in [-0.05, 0) is 39.7 Å². The smallest absolute Gasteiger partial charge is 0.407 e. The standard InChI is InChI=1S/C20H32N2O3/c1-15-9-7-10-16(13-15)20(5,6)14-22-17(23)11-8-12-21-18(24)25-19(2,3)4/h7,9-10,13H,8,11-12,14H2,1-6H3,(H,21,24)(H,22,23). The molecule has 0 aromatic heterocycles. The fourth-order valence-corrected chi connectivity index (χ4v) is 2.33. The van der Waals surface area contributed by atoms with Gasteiger partial charge in [0.05, 0.1) is 0 Å². The SMILES string of the molecule is Cc1cccc(C(C)(C)CNC(=O)CCCNC(=O)OC(C)(C)C)c1. The molecule has 2 amide bonds. The quantitative estimate of drug-likeness (QED) is 0.739. The molecule has 5 nitrogen and oxygen atoms in total. The molecule has 1 aromatic rings. The van der Waals surface area contributed by atoms with E-state index in [1.807, 2.05) is 26.8 Å². The number of ether oxygens (including phenoxy) is 1. The van der Waals surface area contributed by atoms with Crippen LogP contribution in [0.1, 0.15) is 58.6 Å². The minimum atomic E-state index is -0.511. The Kier molecular flexibility index (Phi) is 7.46. The van der Waals surface area contributed by atoms with Crippen LogP contribution in [0.5, 0.6) is 0 Å². The molecule has 0 unspecified atom stereocenters. The van der Waals surface area contributed by atoms with Gasteiger partial charge < -0.3 is 15.4 Å². The first-order valence-corrected chi connectivity index (χ1v) is 8.80. The summed E-state index contributed by atoms with van der Waals surface area (Å²) in [5.74, 6) is -0.00767. The molecule has 140 valence electrons. The van der Waals surface area contributed by atoms with E-state index in [9.17, 15) is 9.59 Å². The van der Waals surface area contributed by atoms with Gasteiger partial charge in [-0.2, -0.15) is 0 Å². The second-order valence-electron chi connectivity index (χ2n) is 8.06. The molecule has 0 atom stereocenters. The summed E-state index contributed by atoms with van der Waals surface area (Å²) in [6, 6.07) is 8.34. The molecule has 0 bridgehead atoms. The lowest BCUT2D eigenvalue weighted by atomic mass is 9.84. The molecular weight excluding hydrogens is 316 g/mol. The first-order chi connectivity index (χ1) is 11.5. The van der Waals surface area contributed by atoms with E-state index in [0.29, 0.717) is 25.9 Å². The maximum Gasteiger partial charge on any atom is 0.407 e. The third-order valence-corrected chi connectivity index (χ3v) is 3.78. The largest absolute Gasteiger partial charge is 0.444 e. The molecule has 0 aliphatic carbocycles. The summed E-state index contributed by atoms with van der Waals surface area (Å²) >= 11 is 0. The lowest BCUT2D eigenvalue weighted by Gasteiger charge is -2.26. The number of carbonyl (C=O) groups is 2. The number of amides is 2. The number of nitrogens with one attached hydrogen (secondary N) is 2. The molecule has 0 spiro atoms. The Morgan fingerprint density at radius 3 is 2.36 bits per heavy atom. The second-order valence-corrected chi connectivity index (χ2v) is 8.06. The number of hydrogen-bond donors (Lipinski definition) is 2. The highest BCUT2D eigenvalue weighted by molar-refractivity contribution is 5.76. The molecule has 0 aliphatic heterocycles. The van der Waals surface area contributed by atoms with E-state index >= 15 is 0 Å². The van der Waals surface area contributed by atoms with Crippen molar-refractivity contribution in [3.05, 3.63) is 35.4 Å². The summed E-state index contributed by atoms with van der Waals surface area (Å²) in [6.07, 6.45) is 0.504. The van der Waals surface area contributed by atoms with Crippen molar-refractivity contribution in [3.63, 3.8) is 0 Å². The highest BCUT2D eigenvalue weighted by Gasteiger charge is 2.21. The van der Waals surface area contributed by atoms with Crippen molar-refractivity contribution in [2.45, 2.75) is 65.4 Å². The highest BCUT2D eigenvalue weighted by Crippen LogP contribution is 2.23. The molecule has 1 aromatic carbocycles. The van der Waals surface area contributed by atoms with Gasteiger partial charge in [-0.25, -0.2) is 4.79 Å². The maximum atomic E-state index is 12.0. The van der Waals surface area contributed by atoms with E-state index in [-0.39, 0.29) is 11.3 Å². The monoisotopic (exact) mass is 348 g/mol. The van der Waals surface area contributed by atoms with Crippen molar-refractivity contribution >= 4 is 12.0 Å². The van der Waals surface area contributed by atoms with Crippen LogP contribution in [-0.4, -0.2) is 30.7 Å². The van der Waals surface area contributed by atoms with Gasteiger partial charge in [0.25, 0.3) is 0 Å². The van der Waals surface area contributed by atoms with E-state index in [1.54, 1.807) is 0 Å². The average Bonchev–Trinajstić information content (AvgIpc) is 2.48. The van der Waals surface area contributed by atoms with Gasteiger partial charge >= 0.3 is 6.09 Å². The van der Waals surface area contributed by atoms with Gasteiger partial charge in [-0.15, -0.1) is 0 Å². The zero-order chi connectivity index (χ0) is 19.1. The number of alkyl carbamates (subject to hydrolysis) is 1. The minimum absolute atomic E-state index is 0.00767. The van der Waals surface area contributed by atoms with E-state index in [1.165, 1.54) is 11.1 Å². The molecule has 0 radical (unpaired) electrons. The normalized spacial score (nSPS) is 11.8. The summed E-state index contributed by atoms with van der Waals surface area (Å²) in [5.41, 5.74) is 1.78. The fraction of sp³-hybridized carbons (Fsp3) is 0.600. The fourth-order valence-electron chi connectivity index (χ4n) is 2.33. The van der Waals surface area contributed by atoms with Crippen LogP contribution in [0.2, 0.25) is 0 Å². The molecule has 0 fully saturated rings. The van der Waals surface area contributed by atoms with Gasteiger partial charge in [0.2, 0.25) is 5.91 Å². The molecule has 1 rings (SSSR count). The van der Waals surface area contributed by atoms with Crippen molar-refractivity contribution in [1.82, 2.24) is 10.6 Å². The van der Waals surface area contributed by atoms with Gasteiger partial charge in [0.15, 0.2) is 0 Å². The Labute approximate surface area is 151 Å². The zero-order valence-electron chi connectivity index (χ0n) is 16.4. The number of hydrogen-bond acceptors (Lipinski definition) is 3. The molecule has 0 heterocycles. The van der Waals surface area contributed by atoms with E-state index < -0.39 is 11.7 Å². The summed E-state index contributed by atoms with van der Waals surface area (Å²) < 4.78 is 5.14. The van der Waals surface area contributed by atoms with Crippen molar-refractivity contribution in [2.75, 3.05) is 13.1 Å². The van der Waals surface area contributed by atoms with Crippen molar-refractivity contribution < 1.29 is 14.3 Å². The van der Waals surface area contributed by atoms with Gasteiger partial charge in [0, 0.05) is 24.9 Å². The minimum Gasteiger partial charge on any atom is -0.444 e. The van der Waals surface area contributed by atoms with Gasteiger partial charge in [-0.3, -0.25) is 4.79 Å². The van der Waals surface area contributed by atoms with Crippen molar-refractivity contribution in [1.29, 1.82) is 0 Å². The van der Waals surface area contributed by atoms with Crippen LogP contribution in [0.3, 0.4) is 0 Å². The Bertz CT molecular complexity index is 589. The molecular formula is C20H32N2O3. The summed E-state index contributed by atoms with van der Waals surface area (Å²) in [7, 11) is 0. The third-order valence-electron chi connectivity index (χ3n) is 3.78. The summed E-state index contributed by atoms with van der Waals surface area (Å²) in [5, 5.41) is 5.64. The van der Waals surface area contributed by atoms with E-state index in [0.717, 1.165) is 0 Å². The molecule has 2 N–H and O–H groups in total. The van der Waals surface area contributed by atoms with E-state index in [4.69, 9.17) is 4.74 Å². The van der Waals surface area contributed by atoms with Crippen LogP contribution >= 0.6 is 0 Å². The first-order valence-electron chi connectivity index (χ1n) is 8.80. The Morgan fingerprint density at radius 1 is 1.08 bits per heavy atom. The second kappa shape index (κ2) is 8.88. The third kappa shape index (κ3) is 8.57. The Morgan fingerprint density at radius 2 is 1.76 bits per heavy atom. The molecule has 25 heavy (non-hydrogen) atoms.